The van der Waals surface area contributed by atoms with Gasteiger partial charge in [0.1, 0.15) is 6.04 Å². The Labute approximate surface area is 196 Å². The van der Waals surface area contributed by atoms with E-state index in [4.69, 9.17) is 27.9 Å². The summed E-state index contributed by atoms with van der Waals surface area (Å²) in [4.78, 5) is 29.4. The summed E-state index contributed by atoms with van der Waals surface area (Å²) in [7, 11) is 1.72. The molecule has 2 aliphatic heterocycles. The Morgan fingerprint density at radius 2 is 1.94 bits per heavy atom. The number of nitrogens with one attached hydrogen (secondary N) is 1. The predicted molar refractivity (Wildman–Crippen MR) is 120 cm³/mol. The maximum Gasteiger partial charge on any atom is 0.318 e. The molecular formula is C23H24Cl2FN3O3. The number of likely N-dealkylation sites (tertiary alicyclic amines) is 1. The Hall–Kier alpha value is -2.51. The molecule has 0 aromatic heterocycles. The summed E-state index contributed by atoms with van der Waals surface area (Å²) >= 11 is 12.2. The van der Waals surface area contributed by atoms with E-state index in [1.807, 2.05) is 12.1 Å². The van der Waals surface area contributed by atoms with Gasteiger partial charge in [-0.05, 0) is 42.7 Å². The molecule has 0 unspecified atom stereocenters. The fourth-order valence-electron chi connectivity index (χ4n) is 4.28. The monoisotopic (exact) mass is 479 g/mol. The first-order chi connectivity index (χ1) is 15.3. The molecule has 0 aliphatic carbocycles. The second-order valence-electron chi connectivity index (χ2n) is 8.08. The summed E-state index contributed by atoms with van der Waals surface area (Å²) < 4.78 is 19.6. The standard InChI is InChI=1S/C23H24Cl2FN3O3/c1-28(13-14-4-6-15(24)7-5-14)22(30)19-3-2-11-29(19)23(31)27-18-10-12-32-21-17(26)9-8-16(25)20(18)21/h4-9,18-19H,2-3,10-13H2,1H3,(H,27,31)/t18-,19+/m0/s1. The highest BCUT2D eigenvalue weighted by Gasteiger charge is 2.37. The number of halogens is 3. The van der Waals surface area contributed by atoms with Crippen molar-refractivity contribution in [2.45, 2.75) is 37.9 Å². The highest BCUT2D eigenvalue weighted by atomic mass is 35.5. The quantitative estimate of drug-likeness (QED) is 0.685. The van der Waals surface area contributed by atoms with E-state index in [1.165, 1.54) is 12.1 Å². The number of ether oxygens (including phenoxy) is 1. The fraction of sp³-hybridized carbons (Fsp3) is 0.391. The number of carbonyl (C=O) groups excluding carboxylic acids is 2. The molecule has 170 valence electrons. The van der Waals surface area contributed by atoms with Crippen molar-refractivity contribution in [2.75, 3.05) is 20.2 Å². The van der Waals surface area contributed by atoms with E-state index in [-0.39, 0.29) is 24.3 Å². The van der Waals surface area contributed by atoms with Crippen LogP contribution in [0.25, 0.3) is 0 Å². The largest absolute Gasteiger partial charge is 0.490 e. The van der Waals surface area contributed by atoms with Crippen LogP contribution in [0.4, 0.5) is 9.18 Å². The molecule has 0 saturated carbocycles. The second-order valence-corrected chi connectivity index (χ2v) is 8.93. The lowest BCUT2D eigenvalue weighted by molar-refractivity contribution is -0.134. The van der Waals surface area contributed by atoms with Gasteiger partial charge >= 0.3 is 6.03 Å². The van der Waals surface area contributed by atoms with Crippen LogP contribution in [-0.2, 0) is 11.3 Å². The van der Waals surface area contributed by atoms with Crippen LogP contribution in [0.15, 0.2) is 36.4 Å². The third kappa shape index (κ3) is 4.64. The molecule has 0 spiro atoms. The Bertz CT molecular complexity index is 1020. The van der Waals surface area contributed by atoms with Crippen molar-refractivity contribution in [2.24, 2.45) is 0 Å². The zero-order valence-electron chi connectivity index (χ0n) is 17.6. The summed E-state index contributed by atoms with van der Waals surface area (Å²) in [5.74, 6) is -0.559. The number of hydrogen-bond donors (Lipinski definition) is 1. The maximum absolute atomic E-state index is 14.2. The van der Waals surface area contributed by atoms with E-state index in [0.29, 0.717) is 41.5 Å². The number of benzene rings is 2. The van der Waals surface area contributed by atoms with Gasteiger partial charge < -0.3 is 19.9 Å². The lowest BCUT2D eigenvalue weighted by Gasteiger charge is -2.32. The molecule has 0 radical (unpaired) electrons. The lowest BCUT2D eigenvalue weighted by Crippen LogP contribution is -2.50. The summed E-state index contributed by atoms with van der Waals surface area (Å²) in [6.45, 7) is 1.16. The maximum atomic E-state index is 14.2. The van der Waals surface area contributed by atoms with E-state index >= 15 is 0 Å². The van der Waals surface area contributed by atoms with Crippen LogP contribution in [-0.4, -0.2) is 48.0 Å². The minimum absolute atomic E-state index is 0.0748. The number of rotatable bonds is 4. The summed E-state index contributed by atoms with van der Waals surface area (Å²) in [5.41, 5.74) is 1.39. The van der Waals surface area contributed by atoms with Crippen molar-refractivity contribution in [1.82, 2.24) is 15.1 Å². The average molecular weight is 480 g/mol. The van der Waals surface area contributed by atoms with E-state index in [1.54, 1.807) is 29.0 Å². The zero-order chi connectivity index (χ0) is 22.8. The lowest BCUT2D eigenvalue weighted by atomic mass is 10.00. The van der Waals surface area contributed by atoms with Crippen LogP contribution in [0.3, 0.4) is 0 Å². The van der Waals surface area contributed by atoms with Gasteiger partial charge in [0.25, 0.3) is 0 Å². The molecule has 2 aromatic carbocycles. The van der Waals surface area contributed by atoms with Crippen LogP contribution >= 0.6 is 23.2 Å². The second kappa shape index (κ2) is 9.55. The third-order valence-electron chi connectivity index (χ3n) is 5.90. The minimum Gasteiger partial charge on any atom is -0.490 e. The number of hydrogen-bond acceptors (Lipinski definition) is 3. The summed E-state index contributed by atoms with van der Waals surface area (Å²) in [5, 5.41) is 3.91. The van der Waals surface area contributed by atoms with Crippen molar-refractivity contribution >= 4 is 35.1 Å². The highest BCUT2D eigenvalue weighted by molar-refractivity contribution is 6.31. The first kappa shape index (κ1) is 22.7. The summed E-state index contributed by atoms with van der Waals surface area (Å²) in [6.07, 6.45) is 1.79. The van der Waals surface area contributed by atoms with Gasteiger partial charge in [-0.2, -0.15) is 0 Å². The van der Waals surface area contributed by atoms with Crippen LogP contribution < -0.4 is 10.1 Å². The Morgan fingerprint density at radius 3 is 2.69 bits per heavy atom. The smallest absolute Gasteiger partial charge is 0.318 e. The van der Waals surface area contributed by atoms with Crippen LogP contribution in [0.1, 0.15) is 36.4 Å². The molecule has 1 fully saturated rings. The molecule has 2 aliphatic rings. The van der Waals surface area contributed by atoms with Gasteiger partial charge in [-0.25, -0.2) is 9.18 Å². The third-order valence-corrected chi connectivity index (χ3v) is 6.48. The van der Waals surface area contributed by atoms with Crippen molar-refractivity contribution in [3.63, 3.8) is 0 Å². The number of fused-ring (bicyclic) bond motifs is 1. The molecule has 3 amide bonds. The Balaban J connectivity index is 1.45. The molecule has 0 bridgehead atoms. The number of carbonyl (C=O) groups is 2. The number of nitrogens with zero attached hydrogens (tertiary/aromatic N) is 2. The predicted octanol–water partition coefficient (Wildman–Crippen LogP) is 4.79. The zero-order valence-corrected chi connectivity index (χ0v) is 19.1. The molecule has 6 nitrogen and oxygen atoms in total. The number of likely N-dealkylation sites (N-methyl/N-ethyl adjacent to an activating group) is 1. The van der Waals surface area contributed by atoms with Crippen molar-refractivity contribution in [3.05, 3.63) is 63.4 Å². The Kier molecular flexibility index (Phi) is 6.76. The Morgan fingerprint density at radius 1 is 1.19 bits per heavy atom. The molecule has 2 aromatic rings. The molecule has 2 atom stereocenters. The van der Waals surface area contributed by atoms with Crippen molar-refractivity contribution in [3.8, 4) is 5.75 Å². The topological polar surface area (TPSA) is 61.9 Å². The van der Waals surface area contributed by atoms with Crippen LogP contribution in [0.2, 0.25) is 10.0 Å². The van der Waals surface area contributed by atoms with Gasteiger partial charge in [-0.15, -0.1) is 0 Å². The van der Waals surface area contributed by atoms with Gasteiger partial charge in [-0.3, -0.25) is 4.79 Å². The van der Waals surface area contributed by atoms with Crippen molar-refractivity contribution < 1.29 is 18.7 Å². The molecule has 1 saturated heterocycles. The van der Waals surface area contributed by atoms with Crippen LogP contribution in [0.5, 0.6) is 5.75 Å². The normalized spacial score (nSPS) is 19.8. The van der Waals surface area contributed by atoms with E-state index in [9.17, 15) is 14.0 Å². The SMILES string of the molecule is CN(Cc1ccc(Cl)cc1)C(=O)[C@H]1CCCN1C(=O)N[C@H]1CCOc2c(F)ccc(Cl)c21. The highest BCUT2D eigenvalue weighted by Crippen LogP contribution is 2.39. The van der Waals surface area contributed by atoms with Gasteiger partial charge in [0.05, 0.1) is 12.6 Å². The molecular weight excluding hydrogens is 456 g/mol. The molecule has 4 rings (SSSR count). The van der Waals surface area contributed by atoms with E-state index in [2.05, 4.69) is 5.32 Å². The summed E-state index contributed by atoms with van der Waals surface area (Å²) in [6, 6.07) is 8.61. The average Bonchev–Trinajstić information content (AvgIpc) is 3.27. The fourth-order valence-corrected chi connectivity index (χ4v) is 4.69. The minimum atomic E-state index is -0.547. The van der Waals surface area contributed by atoms with Crippen LogP contribution in [0, 0.1) is 5.82 Å². The van der Waals surface area contributed by atoms with Gasteiger partial charge in [0.15, 0.2) is 11.6 Å². The molecule has 1 N–H and O–H groups in total. The first-order valence-corrected chi connectivity index (χ1v) is 11.3. The molecule has 2 heterocycles. The van der Waals surface area contributed by atoms with E-state index in [0.717, 1.165) is 12.0 Å². The molecule has 9 heteroatoms. The van der Waals surface area contributed by atoms with Crippen molar-refractivity contribution in [1.29, 1.82) is 0 Å². The van der Waals surface area contributed by atoms with E-state index < -0.39 is 17.9 Å². The number of amides is 3. The van der Waals surface area contributed by atoms with Gasteiger partial charge in [0, 0.05) is 42.2 Å². The molecule has 32 heavy (non-hydrogen) atoms. The first-order valence-electron chi connectivity index (χ1n) is 10.5. The number of urea groups is 1. The van der Waals surface area contributed by atoms with Gasteiger partial charge in [0.2, 0.25) is 5.91 Å². The van der Waals surface area contributed by atoms with Gasteiger partial charge in [-0.1, -0.05) is 35.3 Å².